The minimum Gasteiger partial charge on any atom is -0.325 e. The van der Waals surface area contributed by atoms with Crippen LogP contribution in [0.3, 0.4) is 0 Å². The molecule has 0 unspecified atom stereocenters. The fourth-order valence-electron chi connectivity index (χ4n) is 2.72. The van der Waals surface area contributed by atoms with Crippen LogP contribution in [0.4, 0.5) is 5.69 Å². The van der Waals surface area contributed by atoms with E-state index in [1.165, 1.54) is 0 Å². The molecule has 0 atom stereocenters. The Balaban J connectivity index is 1.70. The predicted molar refractivity (Wildman–Crippen MR) is 106 cm³/mol. The Morgan fingerprint density at radius 2 is 1.93 bits per heavy atom. The summed E-state index contributed by atoms with van der Waals surface area (Å²) in [7, 11) is 0. The van der Waals surface area contributed by atoms with E-state index in [0.717, 1.165) is 11.1 Å². The van der Waals surface area contributed by atoms with Gasteiger partial charge < -0.3 is 10.3 Å². The van der Waals surface area contributed by atoms with E-state index in [2.05, 4.69) is 20.3 Å². The molecule has 27 heavy (non-hydrogen) atoms. The van der Waals surface area contributed by atoms with Crippen LogP contribution in [-0.2, 0) is 11.2 Å². The lowest BCUT2D eigenvalue weighted by Gasteiger charge is -2.09. The molecule has 1 amide bonds. The number of carbonyl (C=O) groups is 1. The number of halogens is 1. The predicted octanol–water partition coefficient (Wildman–Crippen LogP) is 3.67. The number of nitrogens with one attached hydrogen (secondary N) is 2. The van der Waals surface area contributed by atoms with Crippen LogP contribution in [0.25, 0.3) is 11.4 Å². The molecule has 0 bridgehead atoms. The number of pyridine rings is 1. The van der Waals surface area contributed by atoms with Crippen molar-refractivity contribution >= 4 is 23.2 Å². The molecule has 0 aliphatic heterocycles. The van der Waals surface area contributed by atoms with Crippen molar-refractivity contribution in [2.45, 2.75) is 26.7 Å². The summed E-state index contributed by atoms with van der Waals surface area (Å²) in [5.74, 6) is 0.275. The van der Waals surface area contributed by atoms with Gasteiger partial charge in [-0.2, -0.15) is 0 Å². The number of hydrogen-bond donors (Lipinski definition) is 2. The van der Waals surface area contributed by atoms with Gasteiger partial charge in [0.25, 0.3) is 5.56 Å². The number of anilines is 1. The summed E-state index contributed by atoms with van der Waals surface area (Å²) in [6, 6.07) is 8.97. The minimum atomic E-state index is -0.240. The second-order valence-electron chi connectivity index (χ2n) is 6.25. The van der Waals surface area contributed by atoms with Gasteiger partial charge in [-0.25, -0.2) is 4.98 Å². The highest BCUT2D eigenvalue weighted by Crippen LogP contribution is 2.23. The molecule has 3 rings (SSSR count). The molecule has 0 spiro atoms. The standard InChI is InChI=1S/C20H19ClN4O2/c1-12-3-5-17(16(21)11-12)24-18(26)6-4-15-13(2)23-19(25-20(15)27)14-7-9-22-10-8-14/h3,5,7-11H,4,6H2,1-2H3,(H,24,26)(H,23,25,27). The topological polar surface area (TPSA) is 87.7 Å². The van der Waals surface area contributed by atoms with E-state index in [-0.39, 0.29) is 17.9 Å². The Bertz CT molecular complexity index is 1030. The Hall–Kier alpha value is -2.99. The van der Waals surface area contributed by atoms with Crippen LogP contribution in [0.5, 0.6) is 0 Å². The van der Waals surface area contributed by atoms with Crippen molar-refractivity contribution in [1.29, 1.82) is 0 Å². The number of benzene rings is 1. The van der Waals surface area contributed by atoms with Gasteiger partial charge in [0.15, 0.2) is 0 Å². The minimum absolute atomic E-state index is 0.157. The second-order valence-corrected chi connectivity index (χ2v) is 6.65. The molecular formula is C20H19ClN4O2. The Labute approximate surface area is 161 Å². The summed E-state index contributed by atoms with van der Waals surface area (Å²) in [4.78, 5) is 35.8. The van der Waals surface area contributed by atoms with Crippen LogP contribution in [0.15, 0.2) is 47.5 Å². The second kappa shape index (κ2) is 8.14. The number of nitrogens with zero attached hydrogens (tertiary/aromatic N) is 2. The number of aromatic amines is 1. The van der Waals surface area contributed by atoms with Gasteiger partial charge in [-0.05, 0) is 50.1 Å². The third-order valence-corrected chi connectivity index (χ3v) is 4.49. The van der Waals surface area contributed by atoms with Gasteiger partial charge in [-0.15, -0.1) is 0 Å². The zero-order chi connectivity index (χ0) is 19.4. The van der Waals surface area contributed by atoms with Crippen LogP contribution in [0.2, 0.25) is 5.02 Å². The monoisotopic (exact) mass is 382 g/mol. The van der Waals surface area contributed by atoms with Crippen molar-refractivity contribution in [2.75, 3.05) is 5.32 Å². The molecule has 0 fully saturated rings. The van der Waals surface area contributed by atoms with Crippen LogP contribution in [0, 0.1) is 13.8 Å². The average molecular weight is 383 g/mol. The molecule has 0 saturated heterocycles. The molecule has 0 radical (unpaired) electrons. The zero-order valence-corrected chi connectivity index (χ0v) is 15.8. The first-order valence-corrected chi connectivity index (χ1v) is 8.88. The van der Waals surface area contributed by atoms with Gasteiger partial charge in [0.1, 0.15) is 5.82 Å². The number of H-pyrrole nitrogens is 1. The summed E-state index contributed by atoms with van der Waals surface area (Å²) in [6.45, 7) is 3.69. The molecule has 6 nitrogen and oxygen atoms in total. The van der Waals surface area contributed by atoms with Gasteiger partial charge in [0.2, 0.25) is 5.91 Å². The van der Waals surface area contributed by atoms with Crippen molar-refractivity contribution < 1.29 is 4.79 Å². The van der Waals surface area contributed by atoms with Crippen molar-refractivity contribution in [3.8, 4) is 11.4 Å². The van der Waals surface area contributed by atoms with E-state index in [4.69, 9.17) is 11.6 Å². The van der Waals surface area contributed by atoms with Gasteiger partial charge in [-0.1, -0.05) is 17.7 Å². The third-order valence-electron chi connectivity index (χ3n) is 4.18. The quantitative estimate of drug-likeness (QED) is 0.704. The smallest absolute Gasteiger partial charge is 0.254 e. The van der Waals surface area contributed by atoms with Gasteiger partial charge in [-0.3, -0.25) is 14.6 Å². The Morgan fingerprint density at radius 1 is 1.19 bits per heavy atom. The van der Waals surface area contributed by atoms with Crippen LogP contribution < -0.4 is 10.9 Å². The van der Waals surface area contributed by atoms with Crippen molar-refractivity contribution in [1.82, 2.24) is 15.0 Å². The highest BCUT2D eigenvalue weighted by molar-refractivity contribution is 6.33. The Morgan fingerprint density at radius 3 is 2.59 bits per heavy atom. The zero-order valence-electron chi connectivity index (χ0n) is 15.0. The molecule has 0 aliphatic carbocycles. The number of rotatable bonds is 5. The normalized spacial score (nSPS) is 10.6. The van der Waals surface area contributed by atoms with Crippen LogP contribution in [-0.4, -0.2) is 20.9 Å². The first-order chi connectivity index (χ1) is 12.9. The molecule has 0 saturated carbocycles. The van der Waals surface area contributed by atoms with E-state index in [1.807, 2.05) is 13.0 Å². The van der Waals surface area contributed by atoms with Gasteiger partial charge in [0.05, 0.1) is 10.7 Å². The summed E-state index contributed by atoms with van der Waals surface area (Å²) < 4.78 is 0. The molecule has 3 aromatic rings. The van der Waals surface area contributed by atoms with Crippen molar-refractivity contribution in [2.24, 2.45) is 0 Å². The molecule has 2 N–H and O–H groups in total. The third kappa shape index (κ3) is 4.60. The maximum atomic E-state index is 12.4. The summed E-state index contributed by atoms with van der Waals surface area (Å²) in [6.07, 6.45) is 3.72. The lowest BCUT2D eigenvalue weighted by molar-refractivity contribution is -0.116. The first-order valence-electron chi connectivity index (χ1n) is 8.50. The van der Waals surface area contributed by atoms with E-state index in [1.54, 1.807) is 43.6 Å². The largest absolute Gasteiger partial charge is 0.325 e. The number of carbonyl (C=O) groups excluding carboxylic acids is 1. The fraction of sp³-hybridized carbons (Fsp3) is 0.200. The average Bonchev–Trinajstić information content (AvgIpc) is 2.64. The number of aromatic nitrogens is 3. The molecule has 2 aromatic heterocycles. The van der Waals surface area contributed by atoms with Crippen molar-refractivity contribution in [3.05, 3.63) is 74.9 Å². The van der Waals surface area contributed by atoms with Gasteiger partial charge in [0, 0.05) is 35.6 Å². The number of aryl methyl sites for hydroxylation is 2. The van der Waals surface area contributed by atoms with E-state index >= 15 is 0 Å². The maximum absolute atomic E-state index is 12.4. The highest BCUT2D eigenvalue weighted by Gasteiger charge is 2.12. The number of hydrogen-bond acceptors (Lipinski definition) is 4. The molecule has 2 heterocycles. The fourth-order valence-corrected chi connectivity index (χ4v) is 3.01. The van der Waals surface area contributed by atoms with E-state index in [9.17, 15) is 9.59 Å². The van der Waals surface area contributed by atoms with Crippen LogP contribution >= 0.6 is 11.6 Å². The molecule has 0 aliphatic rings. The van der Waals surface area contributed by atoms with Crippen molar-refractivity contribution in [3.63, 3.8) is 0 Å². The molecule has 7 heteroatoms. The SMILES string of the molecule is Cc1ccc(NC(=O)CCc2c(C)nc(-c3ccncc3)[nH]c2=O)c(Cl)c1. The van der Waals surface area contributed by atoms with E-state index < -0.39 is 0 Å². The van der Waals surface area contributed by atoms with Gasteiger partial charge >= 0.3 is 0 Å². The summed E-state index contributed by atoms with van der Waals surface area (Å²) in [5, 5.41) is 3.26. The highest BCUT2D eigenvalue weighted by atomic mass is 35.5. The first kappa shape index (κ1) is 18.8. The summed E-state index contributed by atoms with van der Waals surface area (Å²) >= 11 is 6.13. The number of amides is 1. The van der Waals surface area contributed by atoms with E-state index in [0.29, 0.717) is 34.2 Å². The summed E-state index contributed by atoms with van der Waals surface area (Å²) in [5.41, 5.74) is 3.22. The lowest BCUT2D eigenvalue weighted by atomic mass is 10.1. The molecule has 1 aromatic carbocycles. The lowest BCUT2D eigenvalue weighted by Crippen LogP contribution is -2.20. The molecular weight excluding hydrogens is 364 g/mol. The van der Waals surface area contributed by atoms with Crippen LogP contribution in [0.1, 0.15) is 23.2 Å². The molecule has 138 valence electrons. The Kier molecular flexibility index (Phi) is 5.66. The maximum Gasteiger partial charge on any atom is 0.254 e.